The van der Waals surface area contributed by atoms with E-state index < -0.39 is 11.6 Å². The van der Waals surface area contributed by atoms with Gasteiger partial charge in [0.05, 0.1) is 5.69 Å². The summed E-state index contributed by atoms with van der Waals surface area (Å²) in [5.41, 5.74) is 0.227. The summed E-state index contributed by atoms with van der Waals surface area (Å²) < 4.78 is 5.86. The van der Waals surface area contributed by atoms with Gasteiger partial charge in [0.1, 0.15) is 15.5 Å². The quantitative estimate of drug-likeness (QED) is 0.825. The Morgan fingerprint density at radius 3 is 2.28 bits per heavy atom. The molecule has 0 bridgehead atoms. The van der Waals surface area contributed by atoms with Crippen LogP contribution in [0.1, 0.15) is 60.9 Å². The smallest absolute Gasteiger partial charge is 0.347 e. The molecule has 0 atom stereocenters. The van der Waals surface area contributed by atoms with Crippen LogP contribution in [0.15, 0.2) is 0 Å². The Kier molecular flexibility index (Phi) is 5.28. The van der Waals surface area contributed by atoms with Crippen LogP contribution < -0.4 is 0 Å². The lowest BCUT2D eigenvalue weighted by Crippen LogP contribution is -2.28. The van der Waals surface area contributed by atoms with Crippen LogP contribution in [0, 0.1) is 0 Å². The average Bonchev–Trinajstić information content (AvgIpc) is 2.80. The molecule has 1 rings (SSSR count). The molecular formula is C13H21NO3S. The van der Waals surface area contributed by atoms with E-state index >= 15 is 0 Å². The summed E-state index contributed by atoms with van der Waals surface area (Å²) in [6.07, 6.45) is 2.23. The molecule has 1 aromatic rings. The Morgan fingerprint density at radius 2 is 1.94 bits per heavy atom. The predicted octanol–water partition coefficient (Wildman–Crippen LogP) is 3.46. The molecule has 0 aromatic carbocycles. The van der Waals surface area contributed by atoms with Crippen molar-refractivity contribution in [1.29, 1.82) is 0 Å². The molecule has 1 heterocycles. The highest BCUT2D eigenvalue weighted by Gasteiger charge is 2.34. The first kappa shape index (κ1) is 15.1. The zero-order valence-electron chi connectivity index (χ0n) is 11.4. The number of nitrogens with zero attached hydrogens (tertiary/aromatic N) is 1. The van der Waals surface area contributed by atoms with Crippen LogP contribution >= 0.6 is 11.3 Å². The van der Waals surface area contributed by atoms with Gasteiger partial charge in [-0.3, -0.25) is 0 Å². The maximum atomic E-state index is 11.2. The number of ether oxygens (including phenoxy) is 1. The van der Waals surface area contributed by atoms with Gasteiger partial charge in [-0.2, -0.15) is 0 Å². The van der Waals surface area contributed by atoms with E-state index in [9.17, 15) is 9.90 Å². The number of hydrogen-bond donors (Lipinski definition) is 1. The molecule has 0 saturated carbocycles. The first-order valence-electron chi connectivity index (χ1n) is 6.42. The van der Waals surface area contributed by atoms with Gasteiger partial charge in [0.25, 0.3) is 0 Å². The highest BCUT2D eigenvalue weighted by Crippen LogP contribution is 2.37. The lowest BCUT2D eigenvalue weighted by Gasteiger charge is -2.29. The van der Waals surface area contributed by atoms with Crippen molar-refractivity contribution in [1.82, 2.24) is 4.98 Å². The Bertz CT molecular complexity index is 410. The second-order valence-corrected chi connectivity index (χ2v) is 5.09. The maximum Gasteiger partial charge on any atom is 0.347 e. The normalized spacial score (nSPS) is 11.8. The van der Waals surface area contributed by atoms with E-state index in [1.165, 1.54) is 11.3 Å². The SMILES string of the molecule is CCOC(CC)(CC)c1nc(CC)c(C(=O)O)s1. The van der Waals surface area contributed by atoms with E-state index in [1.54, 1.807) is 0 Å². The van der Waals surface area contributed by atoms with Gasteiger partial charge in [-0.15, -0.1) is 11.3 Å². The molecule has 0 aliphatic rings. The van der Waals surface area contributed by atoms with E-state index in [0.717, 1.165) is 17.8 Å². The Balaban J connectivity index is 3.25. The second-order valence-electron chi connectivity index (χ2n) is 4.09. The van der Waals surface area contributed by atoms with Gasteiger partial charge in [-0.25, -0.2) is 9.78 Å². The molecule has 102 valence electrons. The number of carboxylic acids is 1. The highest BCUT2D eigenvalue weighted by atomic mass is 32.1. The van der Waals surface area contributed by atoms with Gasteiger partial charge < -0.3 is 9.84 Å². The van der Waals surface area contributed by atoms with Gasteiger partial charge in [-0.1, -0.05) is 20.8 Å². The molecule has 0 fully saturated rings. The minimum absolute atomic E-state index is 0.346. The summed E-state index contributed by atoms with van der Waals surface area (Å²) in [6.45, 7) is 8.57. The monoisotopic (exact) mass is 271 g/mol. The van der Waals surface area contributed by atoms with Gasteiger partial charge in [0.15, 0.2) is 0 Å². The fraction of sp³-hybridized carbons (Fsp3) is 0.692. The molecule has 0 unspecified atom stereocenters. The van der Waals surface area contributed by atoms with Crippen LogP contribution in [-0.2, 0) is 16.8 Å². The van der Waals surface area contributed by atoms with E-state index in [4.69, 9.17) is 4.74 Å². The van der Waals surface area contributed by atoms with E-state index in [0.29, 0.717) is 23.6 Å². The minimum Gasteiger partial charge on any atom is -0.477 e. The van der Waals surface area contributed by atoms with Crippen LogP contribution in [-0.4, -0.2) is 22.7 Å². The third kappa shape index (κ3) is 2.72. The largest absolute Gasteiger partial charge is 0.477 e. The van der Waals surface area contributed by atoms with E-state index in [-0.39, 0.29) is 0 Å². The Morgan fingerprint density at radius 1 is 1.33 bits per heavy atom. The van der Waals surface area contributed by atoms with Crippen molar-refractivity contribution in [2.45, 2.75) is 52.6 Å². The topological polar surface area (TPSA) is 59.4 Å². The maximum absolute atomic E-state index is 11.2. The molecule has 0 aliphatic carbocycles. The van der Waals surface area contributed by atoms with Gasteiger partial charge in [-0.05, 0) is 26.2 Å². The molecular weight excluding hydrogens is 250 g/mol. The molecule has 1 aromatic heterocycles. The minimum atomic E-state index is -0.895. The van der Waals surface area contributed by atoms with Crippen molar-refractivity contribution in [3.63, 3.8) is 0 Å². The number of aromatic nitrogens is 1. The first-order chi connectivity index (χ1) is 8.54. The number of rotatable bonds is 7. The van der Waals surface area contributed by atoms with E-state index in [1.807, 2.05) is 27.7 Å². The first-order valence-corrected chi connectivity index (χ1v) is 7.23. The van der Waals surface area contributed by atoms with Crippen LogP contribution in [0.25, 0.3) is 0 Å². The Hall–Kier alpha value is -0.940. The van der Waals surface area contributed by atoms with Gasteiger partial charge in [0.2, 0.25) is 0 Å². The molecule has 5 heteroatoms. The fourth-order valence-electron chi connectivity index (χ4n) is 2.05. The predicted molar refractivity (Wildman–Crippen MR) is 72.3 cm³/mol. The molecule has 18 heavy (non-hydrogen) atoms. The number of aryl methyl sites for hydroxylation is 1. The van der Waals surface area contributed by atoms with Crippen LogP contribution in [0.4, 0.5) is 0 Å². The van der Waals surface area contributed by atoms with Gasteiger partial charge >= 0.3 is 5.97 Å². The fourth-order valence-corrected chi connectivity index (χ4v) is 3.33. The summed E-state index contributed by atoms with van der Waals surface area (Å²) >= 11 is 1.25. The molecule has 0 saturated heterocycles. The molecule has 0 amide bonds. The third-order valence-corrected chi connectivity index (χ3v) is 4.45. The molecule has 4 nitrogen and oxygen atoms in total. The lowest BCUT2D eigenvalue weighted by atomic mass is 9.98. The van der Waals surface area contributed by atoms with Crippen molar-refractivity contribution in [3.8, 4) is 0 Å². The van der Waals surface area contributed by atoms with Crippen molar-refractivity contribution in [3.05, 3.63) is 15.6 Å². The Labute approximate surface area is 112 Å². The summed E-state index contributed by atoms with van der Waals surface area (Å²) in [7, 11) is 0. The molecule has 0 aliphatic heterocycles. The molecule has 0 spiro atoms. The van der Waals surface area contributed by atoms with Crippen molar-refractivity contribution in [2.24, 2.45) is 0 Å². The van der Waals surface area contributed by atoms with E-state index in [2.05, 4.69) is 4.98 Å². The van der Waals surface area contributed by atoms with Crippen molar-refractivity contribution < 1.29 is 14.6 Å². The zero-order chi connectivity index (χ0) is 13.8. The number of carboxylic acid groups (broad SMARTS) is 1. The van der Waals surface area contributed by atoms with Crippen molar-refractivity contribution >= 4 is 17.3 Å². The average molecular weight is 271 g/mol. The number of hydrogen-bond acceptors (Lipinski definition) is 4. The lowest BCUT2D eigenvalue weighted by molar-refractivity contribution is -0.0507. The zero-order valence-corrected chi connectivity index (χ0v) is 12.3. The van der Waals surface area contributed by atoms with Crippen molar-refractivity contribution in [2.75, 3.05) is 6.61 Å². The number of aromatic carboxylic acids is 1. The number of carbonyl (C=O) groups is 1. The summed E-state index contributed by atoms with van der Waals surface area (Å²) in [4.78, 5) is 16.0. The second kappa shape index (κ2) is 6.29. The standard InChI is InChI=1S/C13H21NO3S/c1-5-9-10(11(15)16)18-12(14-9)13(6-2,7-3)17-8-4/h5-8H2,1-4H3,(H,15,16). The van der Waals surface area contributed by atoms with Crippen LogP contribution in [0.2, 0.25) is 0 Å². The highest BCUT2D eigenvalue weighted by molar-refractivity contribution is 7.13. The molecule has 0 radical (unpaired) electrons. The summed E-state index contributed by atoms with van der Waals surface area (Å²) in [5, 5.41) is 9.98. The van der Waals surface area contributed by atoms with Crippen LogP contribution in [0.3, 0.4) is 0 Å². The summed E-state index contributed by atoms with van der Waals surface area (Å²) in [6, 6.07) is 0. The third-order valence-electron chi connectivity index (χ3n) is 3.18. The molecule has 1 N–H and O–H groups in total. The summed E-state index contributed by atoms with van der Waals surface area (Å²) in [5.74, 6) is -0.895. The number of thiazole rings is 1. The van der Waals surface area contributed by atoms with Crippen LogP contribution in [0.5, 0.6) is 0 Å². The van der Waals surface area contributed by atoms with Gasteiger partial charge in [0, 0.05) is 6.61 Å².